The molecule has 0 heterocycles. The van der Waals surface area contributed by atoms with Crippen molar-refractivity contribution < 1.29 is 22.8 Å². The lowest BCUT2D eigenvalue weighted by Crippen LogP contribution is -1.99. The lowest BCUT2D eigenvalue weighted by atomic mass is 10.3. The number of hydrogen-bond donors (Lipinski definition) is 2. The van der Waals surface area contributed by atoms with Gasteiger partial charge in [-0.3, -0.25) is 4.55 Å². The van der Waals surface area contributed by atoms with Crippen molar-refractivity contribution in [2.45, 2.75) is 0 Å². The summed E-state index contributed by atoms with van der Waals surface area (Å²) in [7, 11) is 1.36. The van der Waals surface area contributed by atoms with E-state index < -0.39 is 11.4 Å². The second kappa shape index (κ2) is 4.11. The molecule has 0 spiro atoms. The zero-order valence-electron chi connectivity index (χ0n) is 6.76. The molecule has 0 aromatic heterocycles. The third kappa shape index (κ3) is 2.60. The van der Waals surface area contributed by atoms with Crippen molar-refractivity contribution in [1.29, 1.82) is 0 Å². The highest BCUT2D eigenvalue weighted by Gasteiger charge is 2.07. The van der Waals surface area contributed by atoms with Gasteiger partial charge >= 0.3 is 11.4 Å². The molecule has 0 aliphatic carbocycles. The number of phenols is 1. The van der Waals surface area contributed by atoms with Gasteiger partial charge in [0.2, 0.25) is 0 Å². The minimum Gasteiger partial charge on any atom is -0.508 e. The van der Waals surface area contributed by atoms with E-state index in [1.54, 1.807) is 0 Å². The van der Waals surface area contributed by atoms with Crippen LogP contribution >= 0.6 is 0 Å². The molecule has 0 bridgehead atoms. The Morgan fingerprint density at radius 2 is 2.08 bits per heavy atom. The molecule has 1 rings (SSSR count). The van der Waals surface area contributed by atoms with Crippen LogP contribution in [0.4, 0.5) is 0 Å². The lowest BCUT2D eigenvalue weighted by Gasteiger charge is -2.06. The Morgan fingerprint density at radius 3 is 2.62 bits per heavy atom. The van der Waals surface area contributed by atoms with Crippen LogP contribution in [0, 0.1) is 0 Å². The zero-order chi connectivity index (χ0) is 9.84. The Hall–Kier alpha value is -1.27. The van der Waals surface area contributed by atoms with Crippen molar-refractivity contribution in [1.82, 2.24) is 0 Å². The van der Waals surface area contributed by atoms with Crippen LogP contribution in [-0.4, -0.2) is 21.0 Å². The van der Waals surface area contributed by atoms with Crippen molar-refractivity contribution in [3.63, 3.8) is 0 Å². The number of ether oxygens (including phenoxy) is 1. The molecule has 6 heteroatoms. The van der Waals surface area contributed by atoms with Gasteiger partial charge in [0.25, 0.3) is 0 Å². The van der Waals surface area contributed by atoms with E-state index in [1.165, 1.54) is 25.3 Å². The van der Waals surface area contributed by atoms with E-state index in [2.05, 4.69) is 4.18 Å². The molecule has 1 unspecified atom stereocenters. The standard InChI is InChI=1S/C7H8O5S/c1-11-7-4-5(8)2-3-6(7)12-13(9)10/h2-4,8H,1H3,(H,9,10). The lowest BCUT2D eigenvalue weighted by molar-refractivity contribution is 0.381. The van der Waals surface area contributed by atoms with Gasteiger partial charge in [0.05, 0.1) is 7.11 Å². The molecule has 0 fully saturated rings. The first kappa shape index (κ1) is 9.82. The van der Waals surface area contributed by atoms with Gasteiger partial charge in [0.1, 0.15) is 5.75 Å². The first-order chi connectivity index (χ1) is 6.13. The number of hydrogen-bond acceptors (Lipinski definition) is 4. The van der Waals surface area contributed by atoms with Crippen molar-refractivity contribution in [2.24, 2.45) is 0 Å². The molecule has 13 heavy (non-hydrogen) atoms. The highest BCUT2D eigenvalue weighted by Crippen LogP contribution is 2.30. The molecule has 0 saturated carbocycles. The Kier molecular flexibility index (Phi) is 3.10. The number of methoxy groups -OCH3 is 1. The second-order valence-electron chi connectivity index (χ2n) is 2.14. The average molecular weight is 204 g/mol. The van der Waals surface area contributed by atoms with Gasteiger partial charge < -0.3 is 14.0 Å². The molecule has 0 aliphatic rings. The third-order valence-corrected chi connectivity index (χ3v) is 1.63. The van der Waals surface area contributed by atoms with Crippen molar-refractivity contribution in [2.75, 3.05) is 7.11 Å². The minimum atomic E-state index is -2.40. The highest BCUT2D eigenvalue weighted by molar-refractivity contribution is 7.74. The number of rotatable bonds is 3. The maximum absolute atomic E-state index is 10.3. The molecule has 0 radical (unpaired) electrons. The normalized spacial score (nSPS) is 12.2. The minimum absolute atomic E-state index is 0.00655. The molecule has 72 valence electrons. The first-order valence-electron chi connectivity index (χ1n) is 3.29. The van der Waals surface area contributed by atoms with Gasteiger partial charge in [0, 0.05) is 6.07 Å². The van der Waals surface area contributed by atoms with Gasteiger partial charge in [-0.15, -0.1) is 0 Å². The van der Waals surface area contributed by atoms with Crippen LogP contribution in [0.5, 0.6) is 17.2 Å². The zero-order valence-corrected chi connectivity index (χ0v) is 7.58. The van der Waals surface area contributed by atoms with Gasteiger partial charge in [-0.05, 0) is 12.1 Å². The molecule has 0 aliphatic heterocycles. The Balaban J connectivity index is 2.99. The van der Waals surface area contributed by atoms with Gasteiger partial charge in [-0.1, -0.05) is 0 Å². The van der Waals surface area contributed by atoms with E-state index in [9.17, 15) is 4.21 Å². The van der Waals surface area contributed by atoms with Gasteiger partial charge in [0.15, 0.2) is 11.5 Å². The molecule has 1 atom stereocenters. The number of benzene rings is 1. The molecular formula is C7H8O5S. The van der Waals surface area contributed by atoms with E-state index in [0.29, 0.717) is 0 Å². The summed E-state index contributed by atoms with van der Waals surface area (Å²) in [5.74, 6) is 0.288. The van der Waals surface area contributed by atoms with E-state index in [4.69, 9.17) is 14.4 Å². The summed E-state index contributed by atoms with van der Waals surface area (Å²) in [6.07, 6.45) is 0. The summed E-state index contributed by atoms with van der Waals surface area (Å²) in [5, 5.41) is 9.03. The van der Waals surface area contributed by atoms with Crippen molar-refractivity contribution in [3.8, 4) is 17.2 Å². The Bertz CT molecular complexity index is 325. The number of phenolic OH excluding ortho intramolecular Hbond substituents is 1. The quantitative estimate of drug-likeness (QED) is 0.716. The SMILES string of the molecule is COc1cc(O)ccc1OS(=O)O. The Labute approximate surface area is 77.4 Å². The molecular weight excluding hydrogens is 196 g/mol. The monoisotopic (exact) mass is 204 g/mol. The fourth-order valence-corrected chi connectivity index (χ4v) is 1.09. The summed E-state index contributed by atoms with van der Waals surface area (Å²) in [6, 6.07) is 3.94. The fourth-order valence-electron chi connectivity index (χ4n) is 0.802. The van der Waals surface area contributed by atoms with Crippen LogP contribution < -0.4 is 8.92 Å². The third-order valence-electron chi connectivity index (χ3n) is 1.31. The summed E-state index contributed by atoms with van der Waals surface area (Å²) in [4.78, 5) is 0. The molecule has 0 saturated heterocycles. The Morgan fingerprint density at radius 1 is 1.38 bits per heavy atom. The largest absolute Gasteiger partial charge is 0.508 e. The van der Waals surface area contributed by atoms with Crippen LogP contribution in [-0.2, 0) is 11.4 Å². The van der Waals surface area contributed by atoms with Crippen molar-refractivity contribution in [3.05, 3.63) is 18.2 Å². The smallest absolute Gasteiger partial charge is 0.357 e. The van der Waals surface area contributed by atoms with Crippen LogP contribution in [0.25, 0.3) is 0 Å². The van der Waals surface area contributed by atoms with E-state index in [0.717, 1.165) is 0 Å². The van der Waals surface area contributed by atoms with Crippen molar-refractivity contribution >= 4 is 11.4 Å². The van der Waals surface area contributed by atoms with E-state index in [1.807, 2.05) is 0 Å². The molecule has 2 N–H and O–H groups in total. The van der Waals surface area contributed by atoms with Gasteiger partial charge in [-0.25, -0.2) is 0 Å². The first-order valence-corrected chi connectivity index (χ1v) is 4.33. The average Bonchev–Trinajstić information content (AvgIpc) is 2.07. The summed E-state index contributed by atoms with van der Waals surface area (Å²) >= 11 is -2.40. The predicted molar refractivity (Wildman–Crippen MR) is 46.1 cm³/mol. The molecule has 5 nitrogen and oxygen atoms in total. The summed E-state index contributed by atoms with van der Waals surface area (Å²) < 4.78 is 28.0. The summed E-state index contributed by atoms with van der Waals surface area (Å²) in [6.45, 7) is 0. The molecule has 0 amide bonds. The van der Waals surface area contributed by atoms with Gasteiger partial charge in [-0.2, -0.15) is 4.21 Å². The van der Waals surface area contributed by atoms with E-state index in [-0.39, 0.29) is 17.2 Å². The fraction of sp³-hybridized carbons (Fsp3) is 0.143. The van der Waals surface area contributed by atoms with Crippen LogP contribution in [0.3, 0.4) is 0 Å². The molecule has 1 aromatic rings. The molecule has 1 aromatic carbocycles. The highest BCUT2D eigenvalue weighted by atomic mass is 32.2. The number of aromatic hydroxyl groups is 1. The van der Waals surface area contributed by atoms with Crippen LogP contribution in [0.2, 0.25) is 0 Å². The second-order valence-corrected chi connectivity index (χ2v) is 2.74. The predicted octanol–water partition coefficient (Wildman–Crippen LogP) is 0.916. The van der Waals surface area contributed by atoms with E-state index >= 15 is 0 Å². The maximum Gasteiger partial charge on any atom is 0.357 e. The van der Waals surface area contributed by atoms with Crippen LogP contribution in [0.1, 0.15) is 0 Å². The topological polar surface area (TPSA) is 76.0 Å². The summed E-state index contributed by atoms with van der Waals surface area (Å²) in [5.41, 5.74) is 0. The van der Waals surface area contributed by atoms with Crippen LogP contribution in [0.15, 0.2) is 18.2 Å². The maximum atomic E-state index is 10.3.